The third kappa shape index (κ3) is 5.71. The van der Waals surface area contributed by atoms with Crippen LogP contribution in [0.25, 0.3) is 0 Å². The molecule has 0 radical (unpaired) electrons. The van der Waals surface area contributed by atoms with Crippen LogP contribution < -0.4 is 19.6 Å². The van der Waals surface area contributed by atoms with Crippen LogP contribution in [0.1, 0.15) is 21.7 Å². The molecule has 2 aromatic carbocycles. The molecule has 0 atom stereocenters. The quantitative estimate of drug-likeness (QED) is 0.258. The molecular weight excluding hydrogens is 402 g/mol. The van der Waals surface area contributed by atoms with E-state index in [-0.39, 0.29) is 18.1 Å². The number of nitrogens with one attached hydrogen (secondary N) is 1. The molecule has 9 nitrogen and oxygen atoms in total. The highest BCUT2D eigenvalue weighted by atomic mass is 16.6. The van der Waals surface area contributed by atoms with E-state index in [1.54, 1.807) is 42.5 Å². The second kappa shape index (κ2) is 10.3. The zero-order valence-electron chi connectivity index (χ0n) is 16.4. The minimum atomic E-state index is -0.657. The number of hydrogen-bond acceptors (Lipinski definition) is 8. The van der Waals surface area contributed by atoms with Crippen LogP contribution in [-0.2, 0) is 4.79 Å². The van der Waals surface area contributed by atoms with E-state index in [0.717, 1.165) is 0 Å². The molecule has 3 aromatic rings. The third-order valence-electron chi connectivity index (χ3n) is 3.88. The Bertz CT molecular complexity index is 1130. The van der Waals surface area contributed by atoms with Crippen LogP contribution in [0.5, 0.6) is 17.2 Å². The van der Waals surface area contributed by atoms with Crippen molar-refractivity contribution in [3.05, 3.63) is 77.7 Å². The first kappa shape index (κ1) is 21.1. The van der Waals surface area contributed by atoms with Crippen LogP contribution in [0.3, 0.4) is 0 Å². The number of hydrazone groups is 1. The number of methoxy groups -OCH3 is 1. The maximum absolute atomic E-state index is 12.0. The molecule has 0 aliphatic heterocycles. The van der Waals surface area contributed by atoms with E-state index in [2.05, 4.69) is 10.5 Å². The van der Waals surface area contributed by atoms with Gasteiger partial charge in [-0.2, -0.15) is 10.4 Å². The summed E-state index contributed by atoms with van der Waals surface area (Å²) in [6.07, 6.45) is 2.76. The predicted molar refractivity (Wildman–Crippen MR) is 109 cm³/mol. The highest BCUT2D eigenvalue weighted by Crippen LogP contribution is 2.28. The van der Waals surface area contributed by atoms with Crippen molar-refractivity contribution >= 4 is 18.1 Å². The fraction of sp³-hybridized carbons (Fsp3) is 0.0909. The van der Waals surface area contributed by atoms with Gasteiger partial charge in [-0.1, -0.05) is 12.1 Å². The lowest BCUT2D eigenvalue weighted by Gasteiger charge is -2.09. The standard InChI is InChI=1S/C22H17N3O6/c1-28-20-11-15(8-9-18(20)31-22(27)19-7-4-10-29-19)13-24-25-21(26)14-30-17-6-3-2-5-16(17)12-23/h2-11,13H,14H2,1H3,(H,25,26). The highest BCUT2D eigenvalue weighted by molar-refractivity contribution is 5.89. The smallest absolute Gasteiger partial charge is 0.379 e. The third-order valence-corrected chi connectivity index (χ3v) is 3.88. The largest absolute Gasteiger partial charge is 0.493 e. The van der Waals surface area contributed by atoms with Crippen LogP contribution in [0, 0.1) is 11.3 Å². The number of carbonyl (C=O) groups excluding carboxylic acids is 2. The van der Waals surface area contributed by atoms with Gasteiger partial charge in [0.2, 0.25) is 5.76 Å². The first-order chi connectivity index (χ1) is 15.1. The van der Waals surface area contributed by atoms with Gasteiger partial charge in [-0.3, -0.25) is 4.79 Å². The van der Waals surface area contributed by atoms with E-state index in [1.807, 2.05) is 6.07 Å². The van der Waals surface area contributed by atoms with E-state index in [4.69, 9.17) is 23.9 Å². The average Bonchev–Trinajstić information content (AvgIpc) is 3.34. The zero-order valence-corrected chi connectivity index (χ0v) is 16.4. The molecule has 1 heterocycles. The number of esters is 1. The van der Waals surface area contributed by atoms with E-state index in [9.17, 15) is 9.59 Å². The Hall–Kier alpha value is -4.58. The zero-order chi connectivity index (χ0) is 22.1. The maximum Gasteiger partial charge on any atom is 0.379 e. The number of furan rings is 1. The fourth-order valence-electron chi connectivity index (χ4n) is 2.43. The molecule has 0 fully saturated rings. The van der Waals surface area contributed by atoms with Crippen molar-refractivity contribution in [1.82, 2.24) is 5.43 Å². The fourth-order valence-corrected chi connectivity index (χ4v) is 2.43. The SMILES string of the molecule is COc1cc(C=NNC(=O)COc2ccccc2C#N)ccc1OC(=O)c1ccco1. The van der Waals surface area contributed by atoms with Gasteiger partial charge in [0, 0.05) is 0 Å². The number of para-hydroxylation sites is 1. The molecular formula is C22H17N3O6. The molecule has 0 aliphatic rings. The Labute approximate surface area is 177 Å². The molecule has 3 rings (SSSR count). The Morgan fingerprint density at radius 2 is 1.97 bits per heavy atom. The number of ether oxygens (including phenoxy) is 3. The topological polar surface area (TPSA) is 123 Å². The van der Waals surface area contributed by atoms with Crippen molar-refractivity contribution in [3.63, 3.8) is 0 Å². The molecule has 9 heteroatoms. The molecule has 0 aliphatic carbocycles. The highest BCUT2D eigenvalue weighted by Gasteiger charge is 2.15. The summed E-state index contributed by atoms with van der Waals surface area (Å²) in [6, 6.07) is 16.4. The van der Waals surface area contributed by atoms with Gasteiger partial charge in [0.15, 0.2) is 18.1 Å². The second-order valence-electron chi connectivity index (χ2n) is 5.97. The molecule has 0 bridgehead atoms. The summed E-state index contributed by atoms with van der Waals surface area (Å²) >= 11 is 0. The molecule has 1 N–H and O–H groups in total. The molecule has 0 spiro atoms. The Kier molecular flexibility index (Phi) is 7.00. The molecule has 156 valence electrons. The molecule has 0 saturated carbocycles. The number of hydrogen-bond donors (Lipinski definition) is 1. The van der Waals surface area contributed by atoms with Gasteiger partial charge in [0.25, 0.3) is 5.91 Å². The van der Waals surface area contributed by atoms with Crippen molar-refractivity contribution in [2.45, 2.75) is 0 Å². The Morgan fingerprint density at radius 3 is 2.71 bits per heavy atom. The summed E-state index contributed by atoms with van der Waals surface area (Å²) in [7, 11) is 1.43. The van der Waals surface area contributed by atoms with Crippen LogP contribution in [-0.4, -0.2) is 31.8 Å². The summed E-state index contributed by atoms with van der Waals surface area (Å²) in [6.45, 7) is -0.305. The van der Waals surface area contributed by atoms with Gasteiger partial charge in [0.1, 0.15) is 11.8 Å². The summed E-state index contributed by atoms with van der Waals surface area (Å²) in [4.78, 5) is 23.9. The van der Waals surface area contributed by atoms with Gasteiger partial charge < -0.3 is 18.6 Å². The minimum Gasteiger partial charge on any atom is -0.493 e. The van der Waals surface area contributed by atoms with E-state index >= 15 is 0 Å². The summed E-state index contributed by atoms with van der Waals surface area (Å²) in [5.74, 6) is -0.278. The molecule has 31 heavy (non-hydrogen) atoms. The van der Waals surface area contributed by atoms with Crippen LogP contribution in [0.2, 0.25) is 0 Å². The Balaban J connectivity index is 1.56. The van der Waals surface area contributed by atoms with Gasteiger partial charge in [-0.15, -0.1) is 0 Å². The van der Waals surface area contributed by atoms with Crippen LogP contribution >= 0.6 is 0 Å². The van der Waals surface area contributed by atoms with Gasteiger partial charge >= 0.3 is 5.97 Å². The predicted octanol–water partition coefficient (Wildman–Crippen LogP) is 2.91. The number of nitriles is 1. The number of rotatable bonds is 8. The number of benzene rings is 2. The van der Waals surface area contributed by atoms with Crippen LogP contribution in [0.4, 0.5) is 0 Å². The lowest BCUT2D eigenvalue weighted by Crippen LogP contribution is -2.24. The maximum atomic E-state index is 12.0. The monoisotopic (exact) mass is 419 g/mol. The number of nitrogens with zero attached hydrogens (tertiary/aromatic N) is 2. The van der Waals surface area contributed by atoms with Crippen molar-refractivity contribution in [3.8, 4) is 23.3 Å². The first-order valence-corrected chi connectivity index (χ1v) is 8.98. The lowest BCUT2D eigenvalue weighted by molar-refractivity contribution is -0.123. The number of carbonyl (C=O) groups is 2. The molecule has 0 unspecified atom stereocenters. The van der Waals surface area contributed by atoms with Gasteiger partial charge in [-0.05, 0) is 48.0 Å². The summed E-state index contributed by atoms with van der Waals surface area (Å²) in [5, 5.41) is 12.9. The average molecular weight is 419 g/mol. The van der Waals surface area contributed by atoms with Crippen molar-refractivity contribution in [2.75, 3.05) is 13.7 Å². The first-order valence-electron chi connectivity index (χ1n) is 8.98. The lowest BCUT2D eigenvalue weighted by atomic mass is 10.2. The molecule has 1 aromatic heterocycles. The normalized spacial score (nSPS) is 10.3. The van der Waals surface area contributed by atoms with Crippen molar-refractivity contribution < 1.29 is 28.2 Å². The van der Waals surface area contributed by atoms with E-state index in [0.29, 0.717) is 22.6 Å². The Morgan fingerprint density at radius 1 is 1.13 bits per heavy atom. The van der Waals surface area contributed by atoms with E-state index < -0.39 is 11.9 Å². The molecule has 0 saturated heterocycles. The molecule has 1 amide bonds. The van der Waals surface area contributed by atoms with E-state index in [1.165, 1.54) is 31.7 Å². The van der Waals surface area contributed by atoms with Gasteiger partial charge in [0.05, 0.1) is 25.2 Å². The second-order valence-corrected chi connectivity index (χ2v) is 5.97. The van der Waals surface area contributed by atoms with Crippen molar-refractivity contribution in [1.29, 1.82) is 5.26 Å². The van der Waals surface area contributed by atoms with Gasteiger partial charge in [-0.25, -0.2) is 10.2 Å². The summed E-state index contributed by atoms with van der Waals surface area (Å²) in [5.41, 5.74) is 3.25. The minimum absolute atomic E-state index is 0.0648. The number of amides is 1. The summed E-state index contributed by atoms with van der Waals surface area (Å²) < 4.78 is 20.8. The van der Waals surface area contributed by atoms with Crippen molar-refractivity contribution in [2.24, 2.45) is 5.10 Å². The van der Waals surface area contributed by atoms with Crippen LogP contribution in [0.15, 0.2) is 70.4 Å².